The molecule has 0 amide bonds. The third kappa shape index (κ3) is 12.9. The summed E-state index contributed by atoms with van der Waals surface area (Å²) in [5.41, 5.74) is 7.97. The molecule has 2 aromatic heterocycles. The number of carbonyl (C=O) groups is 4. The molecule has 0 unspecified atom stereocenters. The molecule has 0 saturated heterocycles. The summed E-state index contributed by atoms with van der Waals surface area (Å²) in [5.74, 6) is -4.15. The molecule has 20 heteroatoms. The van der Waals surface area contributed by atoms with Gasteiger partial charge in [-0.25, -0.2) is 23.9 Å². The summed E-state index contributed by atoms with van der Waals surface area (Å²) in [7, 11) is 1.87. The molecule has 3 rings (SSSR count). The van der Waals surface area contributed by atoms with Gasteiger partial charge in [-0.15, -0.1) is 0 Å². The second kappa shape index (κ2) is 18.7. The predicted molar refractivity (Wildman–Crippen MR) is 156 cm³/mol. The van der Waals surface area contributed by atoms with Crippen LogP contribution in [0, 0.1) is 0 Å². The van der Waals surface area contributed by atoms with Gasteiger partial charge in [0, 0.05) is 18.9 Å². The number of aliphatic carboxylic acids is 2. The second-order valence-electron chi connectivity index (χ2n) is 9.53. The van der Waals surface area contributed by atoms with E-state index in [2.05, 4.69) is 38.3 Å². The number of nitrogens with two attached hydrogens (primary N) is 1. The number of ether oxygens (including phenoxy) is 1. The van der Waals surface area contributed by atoms with E-state index in [1.165, 1.54) is 6.20 Å². The first-order chi connectivity index (χ1) is 22.3. The summed E-state index contributed by atoms with van der Waals surface area (Å²) < 4.78 is 73.4. The number of alkyl halides is 6. The molecule has 0 aliphatic heterocycles. The van der Waals surface area contributed by atoms with E-state index >= 15 is 0 Å². The fourth-order valence-electron chi connectivity index (χ4n) is 4.06. The van der Waals surface area contributed by atoms with Crippen LogP contribution in [0.15, 0.2) is 24.4 Å². The van der Waals surface area contributed by atoms with Crippen molar-refractivity contribution < 1.29 is 65.0 Å². The monoisotopic (exact) mass is 714 g/mol. The van der Waals surface area contributed by atoms with E-state index in [-0.39, 0.29) is 41.3 Å². The Morgan fingerprint density at radius 3 is 2.21 bits per heavy atom. The number of nitrogens with zero attached hydrogens (tertiary/aromatic N) is 4. The number of halogens is 7. The normalized spacial score (nSPS) is 11.2. The fraction of sp³-hybridized carbons (Fsp3) is 0.464. The van der Waals surface area contributed by atoms with Crippen LogP contribution in [0.2, 0.25) is 5.15 Å². The van der Waals surface area contributed by atoms with E-state index < -0.39 is 24.3 Å². The third-order valence-electron chi connectivity index (χ3n) is 6.15. The highest BCUT2D eigenvalue weighted by Crippen LogP contribution is 2.23. The number of hydrogen-bond donors (Lipinski definition) is 3. The van der Waals surface area contributed by atoms with Gasteiger partial charge in [0.2, 0.25) is 0 Å². The number of nitrogens with one attached hydrogen (secondary N) is 1. The van der Waals surface area contributed by atoms with Crippen molar-refractivity contribution in [2.75, 3.05) is 25.9 Å². The molecule has 266 valence electrons. The minimum Gasteiger partial charge on any atom is -0.542 e. The Hall–Kier alpha value is -4.52. The number of aromatic nitrogens is 4. The van der Waals surface area contributed by atoms with E-state index in [9.17, 15) is 35.9 Å². The summed E-state index contributed by atoms with van der Waals surface area (Å²) in [4.78, 5) is 50.5. The Labute approximate surface area is 274 Å². The van der Waals surface area contributed by atoms with Crippen LogP contribution >= 0.6 is 11.6 Å². The molecule has 2 heterocycles. The second-order valence-corrected chi connectivity index (χ2v) is 9.91. The number of imidazole rings is 1. The van der Waals surface area contributed by atoms with Crippen LogP contribution < -0.4 is 25.5 Å². The zero-order valence-electron chi connectivity index (χ0n) is 25.9. The molecule has 0 bridgehead atoms. The lowest BCUT2D eigenvalue weighted by molar-refractivity contribution is -0.676. The third-order valence-corrected chi connectivity index (χ3v) is 6.33. The van der Waals surface area contributed by atoms with Crippen molar-refractivity contribution in [2.24, 2.45) is 0 Å². The van der Waals surface area contributed by atoms with E-state index in [1.807, 2.05) is 25.2 Å². The largest absolute Gasteiger partial charge is 0.542 e. The Kier molecular flexibility index (Phi) is 16.2. The van der Waals surface area contributed by atoms with Crippen LogP contribution in [0.3, 0.4) is 0 Å². The van der Waals surface area contributed by atoms with E-state index in [0.29, 0.717) is 18.6 Å². The van der Waals surface area contributed by atoms with Gasteiger partial charge in [-0.05, 0) is 46.0 Å². The molecule has 48 heavy (non-hydrogen) atoms. The van der Waals surface area contributed by atoms with Crippen molar-refractivity contribution in [3.05, 3.63) is 41.1 Å². The number of ketones is 2. The maximum Gasteiger partial charge on any atom is 0.490 e. The van der Waals surface area contributed by atoms with E-state index in [1.54, 1.807) is 0 Å². The lowest BCUT2D eigenvalue weighted by Crippen LogP contribution is -2.37. The van der Waals surface area contributed by atoms with Crippen molar-refractivity contribution in [1.82, 2.24) is 19.9 Å². The number of hydrogen-bond acceptors (Lipinski definition) is 10. The number of carboxylic acid groups (broad SMARTS) is 2. The van der Waals surface area contributed by atoms with Crippen LogP contribution in [-0.2, 0) is 33.9 Å². The standard InChI is InChI=1S/C24H31ClN6O3.2C2HF3O2/c1-4-30-18-9-8-17(34-15-16(32)7-6-12-27-3)13-19(18)31(5-2)22(30)11-10-20(33)23-24(26)28-14-21(25)29-23;2*3-2(4,5)1(6)7/h8-9,13-14,27H,4-7,10-12,15H2,1-3H3,(H-,26,28,33);2*(H,6,7). The van der Waals surface area contributed by atoms with Crippen LogP contribution in [0.1, 0.15) is 49.4 Å². The predicted octanol–water partition coefficient (Wildman–Crippen LogP) is 2.69. The number of benzene rings is 1. The zero-order chi connectivity index (χ0) is 36.8. The molecule has 0 spiro atoms. The Morgan fingerprint density at radius 2 is 1.71 bits per heavy atom. The quantitative estimate of drug-likeness (QED) is 0.102. The van der Waals surface area contributed by atoms with Crippen LogP contribution in [0.5, 0.6) is 5.75 Å². The minimum atomic E-state index is -5.19. The molecular weight excluding hydrogens is 682 g/mol. The minimum absolute atomic E-state index is 0.0548. The molecule has 1 aromatic carbocycles. The lowest BCUT2D eigenvalue weighted by atomic mass is 10.1. The summed E-state index contributed by atoms with van der Waals surface area (Å²) in [6.45, 7) is 6.46. The highest BCUT2D eigenvalue weighted by molar-refractivity contribution is 6.29. The Morgan fingerprint density at radius 1 is 1.10 bits per heavy atom. The molecule has 0 aliphatic carbocycles. The van der Waals surface area contributed by atoms with Crippen LogP contribution in [-0.4, -0.2) is 75.7 Å². The maximum atomic E-state index is 12.8. The molecule has 0 atom stereocenters. The topological polar surface area (TPSA) is 193 Å². The number of fused-ring (bicyclic) bond motifs is 1. The Balaban J connectivity index is 0.000000687. The summed E-state index contributed by atoms with van der Waals surface area (Å²) in [6.07, 6.45) is -6.95. The maximum absolute atomic E-state index is 12.8. The number of nitrogen functional groups attached to an aromatic ring is 1. The number of anilines is 1. The first-order valence-corrected chi connectivity index (χ1v) is 14.4. The number of aryl methyl sites for hydroxylation is 2. The lowest BCUT2D eigenvalue weighted by Gasteiger charge is -2.05. The first-order valence-electron chi connectivity index (χ1n) is 14.0. The van der Waals surface area contributed by atoms with E-state index in [0.717, 1.165) is 42.9 Å². The number of Topliss-reactive ketones (excluding diaryl/α,β-unsaturated/α-hetero) is 2. The molecular formula is C28H33ClF6N6O7. The van der Waals surface area contributed by atoms with Crippen molar-refractivity contribution >= 4 is 52.0 Å². The van der Waals surface area contributed by atoms with Crippen LogP contribution in [0.4, 0.5) is 32.2 Å². The molecule has 0 aliphatic rings. The van der Waals surface area contributed by atoms with Gasteiger partial charge in [0.05, 0.1) is 25.7 Å². The average Bonchev–Trinajstić information content (AvgIpc) is 3.31. The summed E-state index contributed by atoms with van der Waals surface area (Å²) in [5, 5.41) is 19.1. The van der Waals surface area contributed by atoms with Gasteiger partial charge in [0.25, 0.3) is 5.82 Å². The number of rotatable bonds is 13. The van der Waals surface area contributed by atoms with Crippen molar-refractivity contribution in [3.8, 4) is 5.75 Å². The van der Waals surface area contributed by atoms with Gasteiger partial charge in [-0.3, -0.25) is 9.59 Å². The fourth-order valence-corrected chi connectivity index (χ4v) is 4.19. The highest BCUT2D eigenvalue weighted by atomic mass is 35.5. The van der Waals surface area contributed by atoms with Gasteiger partial charge in [0.15, 0.2) is 28.4 Å². The van der Waals surface area contributed by atoms with E-state index in [4.69, 9.17) is 41.9 Å². The smallest absolute Gasteiger partial charge is 0.490 e. The molecule has 3 aromatic rings. The number of carbonyl (C=O) groups excluding carboxylic acids is 3. The molecule has 0 saturated carbocycles. The van der Waals surface area contributed by atoms with Crippen molar-refractivity contribution in [1.29, 1.82) is 0 Å². The zero-order valence-corrected chi connectivity index (χ0v) is 26.6. The molecule has 13 nitrogen and oxygen atoms in total. The molecule has 0 fully saturated rings. The van der Waals surface area contributed by atoms with Gasteiger partial charge < -0.3 is 30.8 Å². The summed E-state index contributed by atoms with van der Waals surface area (Å²) in [6, 6.07) is 5.84. The van der Waals surface area contributed by atoms with Gasteiger partial charge in [0.1, 0.15) is 29.2 Å². The van der Waals surface area contributed by atoms with Gasteiger partial charge in [-0.1, -0.05) is 11.6 Å². The Bertz CT molecular complexity index is 1560. The summed E-state index contributed by atoms with van der Waals surface area (Å²) >= 11 is 5.89. The van der Waals surface area contributed by atoms with Crippen molar-refractivity contribution in [2.45, 2.75) is 65.0 Å². The van der Waals surface area contributed by atoms with Crippen LogP contribution in [0.25, 0.3) is 11.0 Å². The average molecular weight is 715 g/mol. The molecule has 4 N–H and O–H groups in total. The number of carboxylic acids is 2. The highest BCUT2D eigenvalue weighted by Gasteiger charge is 2.38. The first kappa shape index (κ1) is 41.5. The van der Waals surface area contributed by atoms with Gasteiger partial charge in [-0.2, -0.15) is 26.3 Å². The van der Waals surface area contributed by atoms with Gasteiger partial charge >= 0.3 is 18.3 Å². The van der Waals surface area contributed by atoms with Crippen molar-refractivity contribution in [3.63, 3.8) is 0 Å². The SMILES string of the molecule is CCn1c(CCC(=O)c2nc(Cl)cnc2N)[n+](CC)c2ccc(OCC(=O)CCCNC)cc21.O=C(O)C(F)(F)F.O=C([O-])C(F)(F)F. The molecule has 0 radical (unpaired) electrons.